The number of hydrogen-bond donors (Lipinski definition) is 1. The Morgan fingerprint density at radius 2 is 1.45 bits per heavy atom. The Morgan fingerprint density at radius 1 is 1.00 bits per heavy atom. The number of alkyl halides is 2. The third kappa shape index (κ3) is 2.28. The molecule has 0 aliphatic heterocycles. The first-order valence-corrected chi connectivity index (χ1v) is 4.27. The van der Waals surface area contributed by atoms with Gasteiger partial charge in [0, 0.05) is 11.8 Å². The number of benzene rings is 1. The van der Waals surface area contributed by atoms with Crippen LogP contribution < -0.4 is 0 Å². The van der Waals surface area contributed by atoms with Crippen LogP contribution in [0.3, 0.4) is 0 Å². The van der Waals surface area contributed by atoms with Crippen LogP contribution in [-0.4, -0.2) is 5.11 Å². The molecule has 0 bridgehead atoms. The van der Waals surface area contributed by atoms with E-state index in [0.717, 1.165) is 11.1 Å². The van der Waals surface area contributed by atoms with E-state index in [4.69, 9.17) is 28.3 Å². The molecule has 0 heterocycles. The zero-order valence-corrected chi connectivity index (χ0v) is 7.36. The van der Waals surface area contributed by atoms with Gasteiger partial charge in [-0.2, -0.15) is 0 Å². The predicted molar refractivity (Wildman–Crippen MR) is 47.2 cm³/mol. The summed E-state index contributed by atoms with van der Waals surface area (Å²) >= 11 is 11.1. The second-order valence-electron chi connectivity index (χ2n) is 2.27. The summed E-state index contributed by atoms with van der Waals surface area (Å²) < 4.78 is 0. The van der Waals surface area contributed by atoms with Crippen LogP contribution >= 0.6 is 23.2 Å². The summed E-state index contributed by atoms with van der Waals surface area (Å²) in [5.41, 5.74) is 1.78. The molecule has 60 valence electrons. The number of phenols is 1. The van der Waals surface area contributed by atoms with Gasteiger partial charge in [0.25, 0.3) is 0 Å². The van der Waals surface area contributed by atoms with Gasteiger partial charge >= 0.3 is 0 Å². The lowest BCUT2D eigenvalue weighted by molar-refractivity contribution is 0.474. The van der Waals surface area contributed by atoms with Crippen LogP contribution in [0.15, 0.2) is 18.2 Å². The third-order valence-electron chi connectivity index (χ3n) is 1.35. The highest BCUT2D eigenvalue weighted by Gasteiger charge is 1.97. The molecule has 1 aromatic carbocycles. The smallest absolute Gasteiger partial charge is 0.116 e. The van der Waals surface area contributed by atoms with E-state index in [1.807, 2.05) is 6.07 Å². The Kier molecular flexibility index (Phi) is 3.03. The molecular formula is C8H8Cl2O. The van der Waals surface area contributed by atoms with E-state index in [0.29, 0.717) is 11.8 Å². The summed E-state index contributed by atoms with van der Waals surface area (Å²) in [6.45, 7) is 0. The van der Waals surface area contributed by atoms with Crippen LogP contribution in [0.5, 0.6) is 5.75 Å². The van der Waals surface area contributed by atoms with Gasteiger partial charge in [-0.15, -0.1) is 23.2 Å². The quantitative estimate of drug-likeness (QED) is 0.712. The number of aromatic hydroxyl groups is 1. The second-order valence-corrected chi connectivity index (χ2v) is 2.81. The molecule has 0 aromatic heterocycles. The average Bonchev–Trinajstić information content (AvgIpc) is 2.03. The van der Waals surface area contributed by atoms with Crippen molar-refractivity contribution in [1.29, 1.82) is 0 Å². The summed E-state index contributed by atoms with van der Waals surface area (Å²) in [5.74, 6) is 1.02. The van der Waals surface area contributed by atoms with Crippen molar-refractivity contribution in [2.45, 2.75) is 11.8 Å². The first kappa shape index (κ1) is 8.69. The van der Waals surface area contributed by atoms with E-state index < -0.39 is 0 Å². The molecule has 0 atom stereocenters. The molecule has 0 amide bonds. The minimum absolute atomic E-state index is 0.221. The molecule has 0 unspecified atom stereocenters. The zero-order chi connectivity index (χ0) is 8.27. The Morgan fingerprint density at radius 3 is 1.82 bits per heavy atom. The minimum atomic E-state index is 0.221. The van der Waals surface area contributed by atoms with E-state index >= 15 is 0 Å². The second kappa shape index (κ2) is 3.84. The molecule has 1 aromatic rings. The van der Waals surface area contributed by atoms with Crippen molar-refractivity contribution >= 4 is 23.2 Å². The summed E-state index contributed by atoms with van der Waals surface area (Å²) in [5, 5.41) is 9.14. The highest BCUT2D eigenvalue weighted by atomic mass is 35.5. The molecule has 0 aliphatic rings. The van der Waals surface area contributed by atoms with Crippen LogP contribution in [0, 0.1) is 0 Å². The van der Waals surface area contributed by atoms with Gasteiger partial charge in [0.1, 0.15) is 5.75 Å². The standard InChI is InChI=1S/C8H8Cl2O/c9-4-6-1-7(5-10)3-8(11)2-6/h1-3,11H,4-5H2. The van der Waals surface area contributed by atoms with Crippen LogP contribution in [0.2, 0.25) is 0 Å². The monoisotopic (exact) mass is 190 g/mol. The lowest BCUT2D eigenvalue weighted by Gasteiger charge is -2.00. The SMILES string of the molecule is Oc1cc(CCl)cc(CCl)c1. The van der Waals surface area contributed by atoms with Crippen molar-refractivity contribution in [2.24, 2.45) is 0 Å². The summed E-state index contributed by atoms with van der Waals surface area (Å²) in [6.07, 6.45) is 0. The van der Waals surface area contributed by atoms with Gasteiger partial charge in [0.05, 0.1) is 0 Å². The fraction of sp³-hybridized carbons (Fsp3) is 0.250. The van der Waals surface area contributed by atoms with Crippen molar-refractivity contribution in [3.05, 3.63) is 29.3 Å². The summed E-state index contributed by atoms with van der Waals surface area (Å²) in [7, 11) is 0. The Hall–Kier alpha value is -0.400. The molecule has 0 saturated carbocycles. The lowest BCUT2D eigenvalue weighted by Crippen LogP contribution is -1.82. The Balaban J connectivity index is 3.02. The van der Waals surface area contributed by atoms with Gasteiger partial charge < -0.3 is 5.11 Å². The number of phenolic OH excluding ortho intramolecular Hbond substituents is 1. The first-order chi connectivity index (χ1) is 5.26. The molecule has 11 heavy (non-hydrogen) atoms. The fourth-order valence-electron chi connectivity index (χ4n) is 0.897. The molecule has 0 spiro atoms. The maximum atomic E-state index is 9.14. The minimum Gasteiger partial charge on any atom is -0.508 e. The fourth-order valence-corrected chi connectivity index (χ4v) is 1.21. The molecule has 0 saturated heterocycles. The van der Waals surface area contributed by atoms with Crippen molar-refractivity contribution in [3.63, 3.8) is 0 Å². The third-order valence-corrected chi connectivity index (χ3v) is 1.96. The largest absolute Gasteiger partial charge is 0.508 e. The van der Waals surface area contributed by atoms with Crippen LogP contribution in [-0.2, 0) is 11.8 Å². The Labute approximate surface area is 75.6 Å². The predicted octanol–water partition coefficient (Wildman–Crippen LogP) is 2.87. The molecule has 3 heteroatoms. The topological polar surface area (TPSA) is 20.2 Å². The lowest BCUT2D eigenvalue weighted by atomic mass is 10.1. The number of halogens is 2. The van der Waals surface area contributed by atoms with Crippen LogP contribution in [0.25, 0.3) is 0 Å². The normalized spacial score (nSPS) is 10.0. The first-order valence-electron chi connectivity index (χ1n) is 3.20. The molecule has 1 nitrogen and oxygen atoms in total. The van der Waals surface area contributed by atoms with E-state index in [-0.39, 0.29) is 5.75 Å². The zero-order valence-electron chi connectivity index (χ0n) is 5.85. The number of rotatable bonds is 2. The molecule has 1 rings (SSSR count). The van der Waals surface area contributed by atoms with Crippen molar-refractivity contribution in [3.8, 4) is 5.75 Å². The van der Waals surface area contributed by atoms with Crippen LogP contribution in [0.1, 0.15) is 11.1 Å². The summed E-state index contributed by atoms with van der Waals surface area (Å²) in [6, 6.07) is 5.13. The van der Waals surface area contributed by atoms with Gasteiger partial charge in [-0.3, -0.25) is 0 Å². The van der Waals surface area contributed by atoms with Gasteiger partial charge in [0.2, 0.25) is 0 Å². The molecular weight excluding hydrogens is 183 g/mol. The summed E-state index contributed by atoms with van der Waals surface area (Å²) in [4.78, 5) is 0. The Bertz CT molecular complexity index is 226. The molecule has 0 aliphatic carbocycles. The van der Waals surface area contributed by atoms with E-state index in [1.165, 1.54) is 0 Å². The van der Waals surface area contributed by atoms with Gasteiger partial charge in [-0.25, -0.2) is 0 Å². The number of hydrogen-bond acceptors (Lipinski definition) is 1. The molecule has 0 fully saturated rings. The molecule has 1 N–H and O–H groups in total. The van der Waals surface area contributed by atoms with Crippen molar-refractivity contribution in [1.82, 2.24) is 0 Å². The average molecular weight is 191 g/mol. The maximum absolute atomic E-state index is 9.14. The van der Waals surface area contributed by atoms with E-state index in [9.17, 15) is 0 Å². The van der Waals surface area contributed by atoms with E-state index in [1.54, 1.807) is 12.1 Å². The highest BCUT2D eigenvalue weighted by Crippen LogP contribution is 2.18. The highest BCUT2D eigenvalue weighted by molar-refractivity contribution is 6.17. The van der Waals surface area contributed by atoms with Gasteiger partial charge in [-0.05, 0) is 23.3 Å². The maximum Gasteiger partial charge on any atom is 0.116 e. The van der Waals surface area contributed by atoms with Gasteiger partial charge in [0.15, 0.2) is 0 Å². The van der Waals surface area contributed by atoms with Crippen LogP contribution in [0.4, 0.5) is 0 Å². The molecule has 0 radical (unpaired) electrons. The van der Waals surface area contributed by atoms with Crippen molar-refractivity contribution in [2.75, 3.05) is 0 Å². The van der Waals surface area contributed by atoms with Crippen molar-refractivity contribution < 1.29 is 5.11 Å². The van der Waals surface area contributed by atoms with Gasteiger partial charge in [-0.1, -0.05) is 6.07 Å². The van der Waals surface area contributed by atoms with E-state index in [2.05, 4.69) is 0 Å².